The molecule has 0 heterocycles. The first-order valence-electron chi connectivity index (χ1n) is 13.2. The minimum Gasteiger partial charge on any atom is -0.325 e. The lowest BCUT2D eigenvalue weighted by Crippen LogP contribution is -2.30. The zero-order chi connectivity index (χ0) is 32.6. The molecule has 0 saturated carbocycles. The zero-order valence-corrected chi connectivity index (χ0v) is 25.3. The van der Waals surface area contributed by atoms with Gasteiger partial charge in [-0.1, -0.05) is 18.2 Å². The zero-order valence-electron chi connectivity index (χ0n) is 23.7. The van der Waals surface area contributed by atoms with Crippen molar-refractivity contribution in [3.8, 4) is 0 Å². The van der Waals surface area contributed by atoms with E-state index in [9.17, 15) is 32.9 Å². The number of primary sulfonamides is 1. The van der Waals surface area contributed by atoms with Crippen LogP contribution < -0.4 is 21.1 Å². The summed E-state index contributed by atoms with van der Waals surface area (Å²) >= 11 is 1.27. The van der Waals surface area contributed by atoms with Crippen LogP contribution in [0, 0.1) is 10.1 Å². The van der Waals surface area contributed by atoms with E-state index in [1.54, 1.807) is 61.5 Å². The topological polar surface area (TPSA) is 191 Å². The molecule has 5 N–H and O–H groups in total. The van der Waals surface area contributed by atoms with Gasteiger partial charge in [0.1, 0.15) is 5.70 Å². The molecule has 0 aromatic heterocycles. The van der Waals surface area contributed by atoms with E-state index in [0.29, 0.717) is 22.5 Å². The summed E-state index contributed by atoms with van der Waals surface area (Å²) in [7, 11) is -3.84. The number of amides is 3. The second-order valence-electron chi connectivity index (χ2n) is 9.52. The number of nitrogens with zero attached hydrogens (tertiary/aromatic N) is 1. The third-order valence-electron chi connectivity index (χ3n) is 6.19. The molecule has 0 aliphatic heterocycles. The SMILES string of the molecule is CC(Sc1ccc(NC(=O)/C(=C/c2ccc([N+](=O)[O-])cc2)NC(=O)c2ccccc2)cc1)C(=O)Nc1ccc(S(N)(=O)=O)cc1. The molecule has 4 aromatic carbocycles. The van der Waals surface area contributed by atoms with Crippen molar-refractivity contribution in [2.24, 2.45) is 5.14 Å². The number of anilines is 2. The number of hydrogen-bond acceptors (Lipinski definition) is 8. The number of carbonyl (C=O) groups is 3. The van der Waals surface area contributed by atoms with Gasteiger partial charge in [0.2, 0.25) is 15.9 Å². The molecule has 0 bridgehead atoms. The Hall–Kier alpha value is -5.31. The van der Waals surface area contributed by atoms with Gasteiger partial charge in [0.05, 0.1) is 15.1 Å². The Bertz CT molecular complexity index is 1850. The predicted octanol–water partition coefficient (Wildman–Crippen LogP) is 4.77. The minimum absolute atomic E-state index is 0.0670. The summed E-state index contributed by atoms with van der Waals surface area (Å²) < 4.78 is 22.8. The van der Waals surface area contributed by atoms with Gasteiger partial charge in [-0.3, -0.25) is 24.5 Å². The number of rotatable bonds is 11. The highest BCUT2D eigenvalue weighted by Crippen LogP contribution is 2.26. The van der Waals surface area contributed by atoms with E-state index >= 15 is 0 Å². The third kappa shape index (κ3) is 9.34. The molecular weight excluding hydrogens is 619 g/mol. The number of nitro groups is 1. The van der Waals surface area contributed by atoms with Crippen molar-refractivity contribution < 1.29 is 27.7 Å². The number of non-ortho nitro benzene ring substituents is 1. The minimum atomic E-state index is -3.84. The van der Waals surface area contributed by atoms with Crippen LogP contribution >= 0.6 is 11.8 Å². The van der Waals surface area contributed by atoms with Gasteiger partial charge in [0, 0.05) is 34.0 Å². The van der Waals surface area contributed by atoms with Gasteiger partial charge in [0.15, 0.2) is 0 Å². The standard InChI is InChI=1S/C31H27N5O7S2/c1-20(29(37)33-24-11-17-27(18-12-24)45(32,42)43)44-26-15-9-23(10-16-26)34-31(39)28(35-30(38)22-5-3-2-4-6-22)19-21-7-13-25(14-8-21)36(40)41/h2-20H,1H3,(H,33,37)(H,34,39)(H,35,38)(H2,32,42,43)/b28-19-. The number of hydrogen-bond donors (Lipinski definition) is 4. The largest absolute Gasteiger partial charge is 0.325 e. The molecular formula is C31H27N5O7S2. The Morgan fingerprint density at radius 2 is 1.42 bits per heavy atom. The Balaban J connectivity index is 1.42. The number of nitrogens with two attached hydrogens (primary N) is 1. The highest BCUT2D eigenvalue weighted by atomic mass is 32.2. The second kappa shape index (κ2) is 14.4. The first kappa shape index (κ1) is 32.6. The molecule has 0 saturated heterocycles. The van der Waals surface area contributed by atoms with Crippen LogP contribution in [0.5, 0.6) is 0 Å². The highest BCUT2D eigenvalue weighted by molar-refractivity contribution is 8.00. The van der Waals surface area contributed by atoms with E-state index in [2.05, 4.69) is 16.0 Å². The predicted molar refractivity (Wildman–Crippen MR) is 172 cm³/mol. The Labute approximate surface area is 262 Å². The van der Waals surface area contributed by atoms with Gasteiger partial charge < -0.3 is 16.0 Å². The average Bonchev–Trinajstić information content (AvgIpc) is 3.02. The molecule has 4 aromatic rings. The maximum Gasteiger partial charge on any atom is 0.272 e. The summed E-state index contributed by atoms with van der Waals surface area (Å²) in [5, 5.41) is 23.6. The first-order chi connectivity index (χ1) is 21.4. The van der Waals surface area contributed by atoms with Crippen LogP contribution in [0.15, 0.2) is 119 Å². The Morgan fingerprint density at radius 3 is 2.00 bits per heavy atom. The van der Waals surface area contributed by atoms with Gasteiger partial charge in [-0.05, 0) is 91.4 Å². The van der Waals surface area contributed by atoms with E-state index in [1.807, 2.05) is 0 Å². The molecule has 3 amide bonds. The fraction of sp³-hybridized carbons (Fsp3) is 0.0645. The van der Waals surface area contributed by atoms with E-state index in [4.69, 9.17) is 5.14 Å². The van der Waals surface area contributed by atoms with Crippen molar-refractivity contribution in [3.05, 3.63) is 130 Å². The second-order valence-corrected chi connectivity index (χ2v) is 12.5. The molecule has 0 radical (unpaired) electrons. The van der Waals surface area contributed by atoms with Crippen LogP contribution in [0.4, 0.5) is 17.1 Å². The van der Waals surface area contributed by atoms with Crippen LogP contribution in [0.25, 0.3) is 6.08 Å². The third-order valence-corrected chi connectivity index (χ3v) is 8.23. The summed E-state index contributed by atoms with van der Waals surface area (Å²) in [4.78, 5) is 49.9. The highest BCUT2D eigenvalue weighted by Gasteiger charge is 2.18. The lowest BCUT2D eigenvalue weighted by Gasteiger charge is -2.14. The fourth-order valence-electron chi connectivity index (χ4n) is 3.85. The fourth-order valence-corrected chi connectivity index (χ4v) is 5.23. The molecule has 230 valence electrons. The van der Waals surface area contributed by atoms with Crippen molar-refractivity contribution >= 4 is 62.6 Å². The smallest absolute Gasteiger partial charge is 0.272 e. The molecule has 1 unspecified atom stereocenters. The number of nitro benzene ring substituents is 1. The molecule has 1 atom stereocenters. The average molecular weight is 646 g/mol. The molecule has 12 nitrogen and oxygen atoms in total. The lowest BCUT2D eigenvalue weighted by molar-refractivity contribution is -0.384. The van der Waals surface area contributed by atoms with Crippen molar-refractivity contribution in [3.63, 3.8) is 0 Å². The van der Waals surface area contributed by atoms with Gasteiger partial charge in [0.25, 0.3) is 17.5 Å². The number of thioether (sulfide) groups is 1. The van der Waals surface area contributed by atoms with Gasteiger partial charge >= 0.3 is 0 Å². The van der Waals surface area contributed by atoms with Gasteiger partial charge in [-0.25, -0.2) is 13.6 Å². The molecule has 0 spiro atoms. The molecule has 0 aliphatic rings. The van der Waals surface area contributed by atoms with Crippen LogP contribution in [0.3, 0.4) is 0 Å². The van der Waals surface area contributed by atoms with Crippen molar-refractivity contribution in [1.29, 1.82) is 0 Å². The molecule has 0 fully saturated rings. The normalized spacial score (nSPS) is 12.1. The quantitative estimate of drug-likeness (QED) is 0.0776. The maximum absolute atomic E-state index is 13.3. The lowest BCUT2D eigenvalue weighted by atomic mass is 10.1. The van der Waals surface area contributed by atoms with Crippen molar-refractivity contribution in [2.75, 3.05) is 10.6 Å². The van der Waals surface area contributed by atoms with Crippen LogP contribution in [-0.4, -0.2) is 36.3 Å². The van der Waals surface area contributed by atoms with Gasteiger partial charge in [-0.15, -0.1) is 11.8 Å². The summed E-state index contributed by atoms with van der Waals surface area (Å²) in [6.45, 7) is 1.71. The number of carbonyl (C=O) groups excluding carboxylic acids is 3. The van der Waals surface area contributed by atoms with Crippen LogP contribution in [-0.2, 0) is 19.6 Å². The molecule has 4 rings (SSSR count). The maximum atomic E-state index is 13.3. The van der Waals surface area contributed by atoms with Crippen molar-refractivity contribution in [1.82, 2.24) is 5.32 Å². The number of sulfonamides is 1. The molecule has 45 heavy (non-hydrogen) atoms. The van der Waals surface area contributed by atoms with E-state index in [0.717, 1.165) is 4.90 Å². The molecule has 14 heteroatoms. The van der Waals surface area contributed by atoms with E-state index < -0.39 is 32.0 Å². The van der Waals surface area contributed by atoms with E-state index in [-0.39, 0.29) is 22.2 Å². The number of nitrogens with one attached hydrogen (secondary N) is 3. The summed E-state index contributed by atoms with van der Waals surface area (Å²) in [5.41, 5.74) is 1.42. The van der Waals surface area contributed by atoms with Crippen molar-refractivity contribution in [2.45, 2.75) is 22.0 Å². The van der Waals surface area contributed by atoms with E-state index in [1.165, 1.54) is 66.4 Å². The van der Waals surface area contributed by atoms with Crippen LogP contribution in [0.2, 0.25) is 0 Å². The first-order valence-corrected chi connectivity index (χ1v) is 15.7. The summed E-state index contributed by atoms with van der Waals surface area (Å²) in [5.74, 6) is -1.45. The number of benzene rings is 4. The Morgan fingerprint density at radius 1 is 0.844 bits per heavy atom. The Kier molecular flexibility index (Phi) is 10.5. The summed E-state index contributed by atoms with van der Waals surface area (Å²) in [6, 6.07) is 26.0. The summed E-state index contributed by atoms with van der Waals surface area (Å²) in [6.07, 6.45) is 1.41. The molecule has 0 aliphatic carbocycles. The van der Waals surface area contributed by atoms with Gasteiger partial charge in [-0.2, -0.15) is 0 Å². The van der Waals surface area contributed by atoms with Crippen LogP contribution in [0.1, 0.15) is 22.8 Å². The monoisotopic (exact) mass is 645 g/mol.